The number of nitrogens with zero attached hydrogens (tertiary/aromatic N) is 1. The molecule has 2 rings (SSSR count). The molecule has 1 aromatic rings. The van der Waals surface area contributed by atoms with Crippen molar-refractivity contribution in [3.8, 4) is 0 Å². The quantitative estimate of drug-likeness (QED) is 0.836. The summed E-state index contributed by atoms with van der Waals surface area (Å²) in [6.45, 7) is 5.71. The second-order valence-corrected chi connectivity index (χ2v) is 4.99. The zero-order chi connectivity index (χ0) is 11.9. The summed E-state index contributed by atoms with van der Waals surface area (Å²) >= 11 is 0. The average molecular weight is 223 g/mol. The lowest BCUT2D eigenvalue weighted by molar-refractivity contribution is 0.0697. The molecule has 0 radical (unpaired) electrons. The van der Waals surface area contributed by atoms with Crippen LogP contribution in [0.1, 0.15) is 24.2 Å². The number of anilines is 1. The molecule has 1 heterocycles. The third-order valence-electron chi connectivity index (χ3n) is 2.77. The zero-order valence-electron chi connectivity index (χ0n) is 9.33. The molecule has 1 saturated heterocycles. The van der Waals surface area contributed by atoms with E-state index in [0.29, 0.717) is 5.69 Å². The Labute approximate surface area is 93.5 Å². The van der Waals surface area contributed by atoms with Crippen molar-refractivity contribution in [3.63, 3.8) is 0 Å². The molecule has 3 nitrogen and oxygen atoms in total. The van der Waals surface area contributed by atoms with Gasteiger partial charge in [0.05, 0.1) is 11.3 Å². The Kier molecular flexibility index (Phi) is 2.37. The highest BCUT2D eigenvalue weighted by molar-refractivity contribution is 5.89. The van der Waals surface area contributed by atoms with E-state index in [9.17, 15) is 9.18 Å². The van der Waals surface area contributed by atoms with Crippen molar-refractivity contribution in [2.75, 3.05) is 18.0 Å². The van der Waals surface area contributed by atoms with E-state index in [4.69, 9.17) is 5.11 Å². The molecule has 0 unspecified atom stereocenters. The van der Waals surface area contributed by atoms with Crippen LogP contribution in [0.3, 0.4) is 0 Å². The first-order valence-electron chi connectivity index (χ1n) is 5.17. The van der Waals surface area contributed by atoms with Crippen LogP contribution in [0.5, 0.6) is 0 Å². The number of carbonyl (C=O) groups is 1. The molecular formula is C12H14FNO2. The second-order valence-electron chi connectivity index (χ2n) is 4.99. The molecule has 0 bridgehead atoms. The topological polar surface area (TPSA) is 40.5 Å². The van der Waals surface area contributed by atoms with E-state index in [2.05, 4.69) is 13.8 Å². The molecular weight excluding hydrogens is 209 g/mol. The number of aromatic carboxylic acids is 1. The molecule has 1 fully saturated rings. The molecule has 1 aliphatic heterocycles. The van der Waals surface area contributed by atoms with Gasteiger partial charge in [0.15, 0.2) is 0 Å². The maximum atomic E-state index is 13.5. The Morgan fingerprint density at radius 2 is 2.06 bits per heavy atom. The maximum Gasteiger partial charge on any atom is 0.335 e. The van der Waals surface area contributed by atoms with Crippen molar-refractivity contribution in [3.05, 3.63) is 29.6 Å². The first kappa shape index (κ1) is 10.9. The summed E-state index contributed by atoms with van der Waals surface area (Å²) in [6, 6.07) is 3.89. The summed E-state index contributed by atoms with van der Waals surface area (Å²) in [7, 11) is 0. The normalized spacial score (nSPS) is 18.1. The van der Waals surface area contributed by atoms with Gasteiger partial charge in [0, 0.05) is 13.1 Å². The Morgan fingerprint density at radius 3 is 2.56 bits per heavy atom. The van der Waals surface area contributed by atoms with E-state index in [1.54, 1.807) is 0 Å². The summed E-state index contributed by atoms with van der Waals surface area (Å²) < 4.78 is 13.5. The monoisotopic (exact) mass is 223 g/mol. The summed E-state index contributed by atoms with van der Waals surface area (Å²) in [6.07, 6.45) is 0. The Balaban J connectivity index is 2.27. The summed E-state index contributed by atoms with van der Waals surface area (Å²) in [4.78, 5) is 12.6. The zero-order valence-corrected chi connectivity index (χ0v) is 9.33. The molecule has 1 aromatic carbocycles. The number of benzene rings is 1. The predicted octanol–water partition coefficient (Wildman–Crippen LogP) is 2.37. The minimum Gasteiger partial charge on any atom is -0.478 e. The van der Waals surface area contributed by atoms with E-state index in [1.165, 1.54) is 18.2 Å². The van der Waals surface area contributed by atoms with Gasteiger partial charge in [-0.3, -0.25) is 0 Å². The van der Waals surface area contributed by atoms with E-state index < -0.39 is 5.97 Å². The standard InChI is InChI=1S/C12H14FNO2/c1-12(2)6-14(7-12)10-5-8(11(15)16)3-4-9(10)13/h3-5H,6-7H2,1-2H3,(H,15,16). The van der Waals surface area contributed by atoms with Crippen molar-refractivity contribution in [1.29, 1.82) is 0 Å². The van der Waals surface area contributed by atoms with Crippen molar-refractivity contribution in [2.45, 2.75) is 13.8 Å². The number of rotatable bonds is 2. The summed E-state index contributed by atoms with van der Waals surface area (Å²) in [5.74, 6) is -1.39. The first-order chi connectivity index (χ1) is 7.39. The van der Waals surface area contributed by atoms with Crippen LogP contribution < -0.4 is 4.90 Å². The van der Waals surface area contributed by atoms with Gasteiger partial charge in [-0.1, -0.05) is 13.8 Å². The molecule has 4 heteroatoms. The van der Waals surface area contributed by atoms with Crippen LogP contribution in [0.4, 0.5) is 10.1 Å². The van der Waals surface area contributed by atoms with Crippen LogP contribution in [0.2, 0.25) is 0 Å². The predicted molar refractivity (Wildman–Crippen MR) is 59.4 cm³/mol. The van der Waals surface area contributed by atoms with Crippen LogP contribution in [-0.2, 0) is 0 Å². The van der Waals surface area contributed by atoms with Gasteiger partial charge < -0.3 is 10.0 Å². The Hall–Kier alpha value is -1.58. The number of carboxylic acids is 1. The van der Waals surface area contributed by atoms with Gasteiger partial charge >= 0.3 is 5.97 Å². The molecule has 86 valence electrons. The van der Waals surface area contributed by atoms with Gasteiger partial charge in [0.1, 0.15) is 5.82 Å². The molecule has 16 heavy (non-hydrogen) atoms. The highest BCUT2D eigenvalue weighted by Gasteiger charge is 2.35. The number of hydrogen-bond acceptors (Lipinski definition) is 2. The Bertz CT molecular complexity index is 435. The lowest BCUT2D eigenvalue weighted by Gasteiger charge is -2.47. The molecule has 0 aliphatic carbocycles. The molecule has 0 spiro atoms. The maximum absolute atomic E-state index is 13.5. The fraction of sp³-hybridized carbons (Fsp3) is 0.417. The SMILES string of the molecule is CC1(C)CN(c2cc(C(=O)O)ccc2F)C1. The van der Waals surface area contributed by atoms with Crippen molar-refractivity contribution < 1.29 is 14.3 Å². The van der Waals surface area contributed by atoms with Gasteiger partial charge in [-0.2, -0.15) is 0 Å². The van der Waals surface area contributed by atoms with E-state index >= 15 is 0 Å². The van der Waals surface area contributed by atoms with Crippen LogP contribution >= 0.6 is 0 Å². The van der Waals surface area contributed by atoms with Gasteiger partial charge in [0.25, 0.3) is 0 Å². The number of carboxylic acid groups (broad SMARTS) is 1. The largest absolute Gasteiger partial charge is 0.478 e. The van der Waals surface area contributed by atoms with E-state index in [1.807, 2.05) is 4.90 Å². The van der Waals surface area contributed by atoms with Crippen LogP contribution in [0.15, 0.2) is 18.2 Å². The molecule has 0 saturated carbocycles. The third-order valence-corrected chi connectivity index (χ3v) is 2.77. The fourth-order valence-electron chi connectivity index (χ4n) is 2.05. The summed E-state index contributed by atoms with van der Waals surface area (Å²) in [5.41, 5.74) is 0.700. The van der Waals surface area contributed by atoms with E-state index in [0.717, 1.165) is 13.1 Å². The Morgan fingerprint density at radius 1 is 1.44 bits per heavy atom. The highest BCUT2D eigenvalue weighted by Crippen LogP contribution is 2.35. The van der Waals surface area contributed by atoms with Crippen LogP contribution in [0, 0.1) is 11.2 Å². The third kappa shape index (κ3) is 1.87. The fourth-order valence-corrected chi connectivity index (χ4v) is 2.05. The number of hydrogen-bond donors (Lipinski definition) is 1. The van der Waals surface area contributed by atoms with Gasteiger partial charge in [-0.15, -0.1) is 0 Å². The minimum atomic E-state index is -1.03. The van der Waals surface area contributed by atoms with Crippen molar-refractivity contribution >= 4 is 11.7 Å². The number of halogens is 1. The highest BCUT2D eigenvalue weighted by atomic mass is 19.1. The van der Waals surface area contributed by atoms with Gasteiger partial charge in [-0.25, -0.2) is 9.18 Å². The van der Waals surface area contributed by atoms with Crippen LogP contribution in [-0.4, -0.2) is 24.2 Å². The van der Waals surface area contributed by atoms with Crippen molar-refractivity contribution in [2.24, 2.45) is 5.41 Å². The lowest BCUT2D eigenvalue weighted by atomic mass is 9.84. The van der Waals surface area contributed by atoms with E-state index in [-0.39, 0.29) is 16.8 Å². The second kappa shape index (κ2) is 3.47. The molecule has 1 aliphatic rings. The molecule has 0 atom stereocenters. The summed E-state index contributed by atoms with van der Waals surface area (Å²) in [5, 5.41) is 8.83. The van der Waals surface area contributed by atoms with Crippen LogP contribution in [0.25, 0.3) is 0 Å². The van der Waals surface area contributed by atoms with Gasteiger partial charge in [-0.05, 0) is 23.6 Å². The lowest BCUT2D eigenvalue weighted by Crippen LogP contribution is -2.53. The van der Waals surface area contributed by atoms with Crippen molar-refractivity contribution in [1.82, 2.24) is 0 Å². The minimum absolute atomic E-state index is 0.126. The molecule has 0 aromatic heterocycles. The van der Waals surface area contributed by atoms with Gasteiger partial charge in [0.2, 0.25) is 0 Å². The molecule has 1 N–H and O–H groups in total. The molecule has 0 amide bonds. The first-order valence-corrected chi connectivity index (χ1v) is 5.17. The average Bonchev–Trinajstić information content (AvgIpc) is 2.14. The smallest absolute Gasteiger partial charge is 0.335 e.